The van der Waals surface area contributed by atoms with Crippen LogP contribution < -0.4 is 5.73 Å². The molecule has 1 aliphatic heterocycles. The second-order valence-electron chi connectivity index (χ2n) is 6.35. The summed E-state index contributed by atoms with van der Waals surface area (Å²) in [5.74, 6) is 0.907. The summed E-state index contributed by atoms with van der Waals surface area (Å²) in [5, 5.41) is 0. The maximum absolute atomic E-state index is 6.33. The van der Waals surface area contributed by atoms with Gasteiger partial charge in [0.2, 0.25) is 0 Å². The zero-order valence-electron chi connectivity index (χ0n) is 12.3. The van der Waals surface area contributed by atoms with Gasteiger partial charge in [-0.25, -0.2) is 0 Å². The first-order valence-corrected chi connectivity index (χ1v) is 7.89. The molecule has 1 heterocycles. The van der Waals surface area contributed by atoms with E-state index in [4.69, 9.17) is 5.73 Å². The summed E-state index contributed by atoms with van der Waals surface area (Å²) in [4.78, 5) is 5.13. The van der Waals surface area contributed by atoms with Crippen molar-refractivity contribution < 1.29 is 0 Å². The average Bonchev–Trinajstić information content (AvgIpc) is 2.89. The first kappa shape index (κ1) is 14.3. The van der Waals surface area contributed by atoms with Gasteiger partial charge in [-0.15, -0.1) is 0 Å². The van der Waals surface area contributed by atoms with E-state index in [2.05, 4.69) is 23.8 Å². The van der Waals surface area contributed by atoms with Gasteiger partial charge in [0.05, 0.1) is 0 Å². The Hall–Kier alpha value is -0.120. The van der Waals surface area contributed by atoms with Crippen molar-refractivity contribution in [3.05, 3.63) is 0 Å². The van der Waals surface area contributed by atoms with Crippen LogP contribution in [-0.2, 0) is 0 Å². The predicted molar refractivity (Wildman–Crippen MR) is 77.7 cm³/mol. The van der Waals surface area contributed by atoms with Gasteiger partial charge in [-0.3, -0.25) is 0 Å². The monoisotopic (exact) mass is 253 g/mol. The lowest BCUT2D eigenvalue weighted by Gasteiger charge is -2.40. The smallest absolute Gasteiger partial charge is 0.0247 e. The van der Waals surface area contributed by atoms with Crippen LogP contribution in [-0.4, -0.2) is 55.1 Å². The molecule has 1 aliphatic carbocycles. The van der Waals surface area contributed by atoms with Crippen LogP contribution in [0.3, 0.4) is 0 Å². The molecule has 3 unspecified atom stereocenters. The summed E-state index contributed by atoms with van der Waals surface area (Å²) < 4.78 is 0. The van der Waals surface area contributed by atoms with Crippen LogP contribution in [0.4, 0.5) is 0 Å². The van der Waals surface area contributed by atoms with Crippen molar-refractivity contribution in [3.63, 3.8) is 0 Å². The highest BCUT2D eigenvalue weighted by Crippen LogP contribution is 2.28. The fraction of sp³-hybridized carbons (Fsp3) is 1.00. The molecule has 1 saturated heterocycles. The third kappa shape index (κ3) is 3.69. The van der Waals surface area contributed by atoms with Crippen molar-refractivity contribution >= 4 is 0 Å². The summed E-state index contributed by atoms with van der Waals surface area (Å²) in [7, 11) is 2.28. The lowest BCUT2D eigenvalue weighted by Crippen LogP contribution is -2.51. The van der Waals surface area contributed by atoms with Gasteiger partial charge in [0.1, 0.15) is 0 Å². The van der Waals surface area contributed by atoms with Crippen LogP contribution in [0, 0.1) is 5.92 Å². The van der Waals surface area contributed by atoms with Gasteiger partial charge in [0.25, 0.3) is 0 Å². The van der Waals surface area contributed by atoms with E-state index in [1.807, 2.05) is 0 Å². The molecule has 2 N–H and O–H groups in total. The molecule has 3 nitrogen and oxygen atoms in total. The van der Waals surface area contributed by atoms with Crippen LogP contribution in [0.25, 0.3) is 0 Å². The van der Waals surface area contributed by atoms with Gasteiger partial charge in [-0.2, -0.15) is 0 Å². The summed E-state index contributed by atoms with van der Waals surface area (Å²) in [6, 6.07) is 1.02. The normalized spacial score (nSPS) is 34.3. The molecule has 2 rings (SSSR count). The van der Waals surface area contributed by atoms with Crippen molar-refractivity contribution in [3.8, 4) is 0 Å². The van der Waals surface area contributed by atoms with Crippen LogP contribution in [0.15, 0.2) is 0 Å². The van der Waals surface area contributed by atoms with E-state index in [1.165, 1.54) is 64.7 Å². The molecule has 0 aromatic carbocycles. The molecule has 18 heavy (non-hydrogen) atoms. The molecule has 0 spiro atoms. The van der Waals surface area contributed by atoms with Crippen molar-refractivity contribution in [2.45, 2.75) is 57.5 Å². The number of nitrogens with zero attached hydrogens (tertiary/aromatic N) is 2. The largest absolute Gasteiger partial charge is 0.326 e. The fourth-order valence-corrected chi connectivity index (χ4v) is 3.60. The lowest BCUT2D eigenvalue weighted by molar-refractivity contribution is 0.124. The minimum atomic E-state index is 0.399. The van der Waals surface area contributed by atoms with Gasteiger partial charge >= 0.3 is 0 Å². The van der Waals surface area contributed by atoms with Crippen LogP contribution in [0.1, 0.15) is 45.4 Å². The molecule has 2 aliphatic rings. The standard InChI is InChI=1S/C15H31N3/c1-3-13-6-7-14(16)15(12-13)17(2)10-11-18-8-4-5-9-18/h13-15H,3-12,16H2,1-2H3. The summed E-state index contributed by atoms with van der Waals surface area (Å²) >= 11 is 0. The molecule has 0 bridgehead atoms. The molecule has 0 amide bonds. The average molecular weight is 253 g/mol. The first-order valence-electron chi connectivity index (χ1n) is 7.89. The van der Waals surface area contributed by atoms with E-state index in [9.17, 15) is 0 Å². The topological polar surface area (TPSA) is 32.5 Å². The first-order chi connectivity index (χ1) is 8.70. The maximum Gasteiger partial charge on any atom is 0.0247 e. The zero-order valence-corrected chi connectivity index (χ0v) is 12.3. The third-order valence-corrected chi connectivity index (χ3v) is 5.09. The Balaban J connectivity index is 1.76. The van der Waals surface area contributed by atoms with Crippen molar-refractivity contribution in [2.75, 3.05) is 33.2 Å². The van der Waals surface area contributed by atoms with E-state index < -0.39 is 0 Å². The maximum atomic E-state index is 6.33. The highest BCUT2D eigenvalue weighted by Gasteiger charge is 2.30. The van der Waals surface area contributed by atoms with Gasteiger partial charge < -0.3 is 15.5 Å². The van der Waals surface area contributed by atoms with Crippen molar-refractivity contribution in [1.82, 2.24) is 9.80 Å². The summed E-state index contributed by atoms with van der Waals surface area (Å²) in [6.45, 7) is 7.36. The molecule has 0 radical (unpaired) electrons. The molecule has 0 aromatic rings. The minimum absolute atomic E-state index is 0.399. The molecule has 0 aromatic heterocycles. The Labute approximate surface area is 113 Å². The van der Waals surface area contributed by atoms with Gasteiger partial charge in [-0.05, 0) is 58.2 Å². The predicted octanol–water partition coefficient (Wildman–Crippen LogP) is 1.92. The van der Waals surface area contributed by atoms with Crippen molar-refractivity contribution in [1.29, 1.82) is 0 Å². The number of likely N-dealkylation sites (N-methyl/N-ethyl adjacent to an activating group) is 1. The number of rotatable bonds is 5. The SMILES string of the molecule is CCC1CCC(N)C(N(C)CCN2CCCC2)C1. The summed E-state index contributed by atoms with van der Waals surface area (Å²) in [6.07, 6.45) is 7.98. The molecule has 1 saturated carbocycles. The second-order valence-corrected chi connectivity index (χ2v) is 6.35. The van der Waals surface area contributed by atoms with E-state index in [1.54, 1.807) is 0 Å². The van der Waals surface area contributed by atoms with E-state index >= 15 is 0 Å². The third-order valence-electron chi connectivity index (χ3n) is 5.09. The zero-order chi connectivity index (χ0) is 13.0. The molecular formula is C15H31N3. The Morgan fingerprint density at radius 1 is 1.22 bits per heavy atom. The molecule has 2 fully saturated rings. The highest BCUT2D eigenvalue weighted by molar-refractivity contribution is 4.88. The van der Waals surface area contributed by atoms with Crippen LogP contribution in [0.2, 0.25) is 0 Å². The van der Waals surface area contributed by atoms with E-state index in [0.717, 1.165) is 5.92 Å². The summed E-state index contributed by atoms with van der Waals surface area (Å²) in [5.41, 5.74) is 6.33. The van der Waals surface area contributed by atoms with Crippen molar-refractivity contribution in [2.24, 2.45) is 11.7 Å². The molecule has 3 atom stereocenters. The van der Waals surface area contributed by atoms with Gasteiger partial charge in [0, 0.05) is 25.2 Å². The Morgan fingerprint density at radius 3 is 2.61 bits per heavy atom. The molecule has 3 heteroatoms. The quantitative estimate of drug-likeness (QED) is 0.812. The number of likely N-dealkylation sites (tertiary alicyclic amines) is 1. The number of nitrogens with two attached hydrogens (primary N) is 1. The Bertz CT molecular complexity index is 238. The minimum Gasteiger partial charge on any atom is -0.326 e. The molecular weight excluding hydrogens is 222 g/mol. The highest BCUT2D eigenvalue weighted by atomic mass is 15.2. The van der Waals surface area contributed by atoms with E-state index in [0.29, 0.717) is 12.1 Å². The second kappa shape index (κ2) is 6.88. The lowest BCUT2D eigenvalue weighted by atomic mass is 9.81. The van der Waals surface area contributed by atoms with Gasteiger partial charge in [0.15, 0.2) is 0 Å². The fourth-order valence-electron chi connectivity index (χ4n) is 3.60. The molecule has 106 valence electrons. The van der Waals surface area contributed by atoms with E-state index in [-0.39, 0.29) is 0 Å². The van der Waals surface area contributed by atoms with Crippen LogP contribution in [0.5, 0.6) is 0 Å². The Morgan fingerprint density at radius 2 is 1.94 bits per heavy atom. The van der Waals surface area contributed by atoms with Gasteiger partial charge in [-0.1, -0.05) is 13.3 Å². The number of hydrogen-bond acceptors (Lipinski definition) is 3. The number of hydrogen-bond donors (Lipinski definition) is 1. The Kier molecular flexibility index (Phi) is 5.46. The van der Waals surface area contributed by atoms with Crippen LogP contribution >= 0.6 is 0 Å².